The fraction of sp³-hybridized carbons (Fsp3) is 0.400. The molecule has 1 aromatic rings. The van der Waals surface area contributed by atoms with Gasteiger partial charge < -0.3 is 14.9 Å². The maximum absolute atomic E-state index is 13.3. The minimum atomic E-state index is -5.14. The second kappa shape index (κ2) is 4.87. The molecule has 0 aromatic heterocycles. The molecule has 0 bridgehead atoms. The van der Waals surface area contributed by atoms with Gasteiger partial charge in [0.15, 0.2) is 0 Å². The first-order valence-electron chi connectivity index (χ1n) is 7.01. The smallest absolute Gasteiger partial charge is 0.430 e. The molecule has 2 aliphatic rings. The Kier molecular flexibility index (Phi) is 3.37. The molecular weight excluding hydrogens is 331 g/mol. The van der Waals surface area contributed by atoms with Gasteiger partial charge in [0, 0.05) is 11.1 Å². The van der Waals surface area contributed by atoms with E-state index in [0.29, 0.717) is 0 Å². The van der Waals surface area contributed by atoms with Gasteiger partial charge >= 0.3 is 12.1 Å². The molecule has 0 spiro atoms. The van der Waals surface area contributed by atoms with Gasteiger partial charge in [-0.15, -0.1) is 0 Å². The lowest BCUT2D eigenvalue weighted by atomic mass is 9.79. The molecule has 3 atom stereocenters. The number of carbonyl (C=O) groups excluding carboxylic acids is 2. The van der Waals surface area contributed by atoms with Gasteiger partial charge in [-0.1, -0.05) is 24.3 Å². The van der Waals surface area contributed by atoms with E-state index in [-0.39, 0.29) is 17.7 Å². The predicted molar refractivity (Wildman–Crippen MR) is 73.2 cm³/mol. The number of aliphatic imine (C=N–C) groups is 1. The summed E-state index contributed by atoms with van der Waals surface area (Å²) in [6.45, 7) is 1.09. The first kappa shape index (κ1) is 16.6. The summed E-state index contributed by atoms with van der Waals surface area (Å²) in [5.41, 5.74) is -8.22. The van der Waals surface area contributed by atoms with Crippen LogP contribution in [0.25, 0.3) is 0 Å². The minimum Gasteiger partial charge on any atom is -0.465 e. The van der Waals surface area contributed by atoms with E-state index < -0.39 is 40.9 Å². The van der Waals surface area contributed by atoms with Crippen LogP contribution >= 0.6 is 0 Å². The fourth-order valence-corrected chi connectivity index (χ4v) is 3.20. The number of aliphatic hydroxyl groups is 2. The van der Waals surface area contributed by atoms with E-state index in [0.717, 1.165) is 0 Å². The van der Waals surface area contributed by atoms with Gasteiger partial charge in [0.2, 0.25) is 17.1 Å². The third kappa shape index (κ3) is 1.82. The average Bonchev–Trinajstić information content (AvgIpc) is 2.85. The highest BCUT2D eigenvalue weighted by molar-refractivity contribution is 6.20. The lowest BCUT2D eigenvalue weighted by Gasteiger charge is -2.31. The van der Waals surface area contributed by atoms with E-state index in [4.69, 9.17) is 0 Å². The first-order chi connectivity index (χ1) is 11.1. The van der Waals surface area contributed by atoms with E-state index in [1.807, 2.05) is 0 Å². The maximum Gasteiger partial charge on any atom is 0.430 e. The number of carbonyl (C=O) groups is 2. The standard InChI is InChI=1S/C15H12F3NO5/c1-2-24-12(21)9-10(15(16,17)18)19-14(23)8-6-4-3-5-7(8)11(20)13(9,14)22/h3-6,9,22-23H,2H2,1H3/t9-,13+,14-/m0/s1. The van der Waals surface area contributed by atoms with E-state index in [1.54, 1.807) is 0 Å². The minimum absolute atomic E-state index is 0.193. The monoisotopic (exact) mass is 343 g/mol. The predicted octanol–water partition coefficient (Wildman–Crippen LogP) is 0.955. The van der Waals surface area contributed by atoms with Gasteiger partial charge in [0.05, 0.1) is 6.61 Å². The molecule has 0 saturated carbocycles. The quantitative estimate of drug-likeness (QED) is 0.780. The Morgan fingerprint density at radius 2 is 1.96 bits per heavy atom. The van der Waals surface area contributed by atoms with Crippen molar-refractivity contribution in [3.63, 3.8) is 0 Å². The molecule has 0 fully saturated rings. The Balaban J connectivity index is 2.28. The molecule has 1 heterocycles. The van der Waals surface area contributed by atoms with Crippen LogP contribution in [0.1, 0.15) is 22.8 Å². The number of hydrogen-bond donors (Lipinski definition) is 2. The Bertz CT molecular complexity index is 775. The fourth-order valence-electron chi connectivity index (χ4n) is 3.20. The molecule has 24 heavy (non-hydrogen) atoms. The molecule has 0 unspecified atom stereocenters. The summed E-state index contributed by atoms with van der Waals surface area (Å²) < 4.78 is 44.4. The summed E-state index contributed by atoms with van der Waals surface area (Å²) in [5.74, 6) is -5.16. The number of ether oxygens (including phenoxy) is 1. The van der Waals surface area contributed by atoms with Crippen LogP contribution in [0.3, 0.4) is 0 Å². The second-order valence-electron chi connectivity index (χ2n) is 5.49. The van der Waals surface area contributed by atoms with Crippen molar-refractivity contribution in [3.8, 4) is 0 Å². The molecule has 6 nitrogen and oxygen atoms in total. The van der Waals surface area contributed by atoms with Crippen molar-refractivity contribution < 1.29 is 37.7 Å². The van der Waals surface area contributed by atoms with Gasteiger partial charge in [-0.3, -0.25) is 9.59 Å². The molecular formula is C15H12F3NO5. The van der Waals surface area contributed by atoms with Crippen molar-refractivity contribution in [3.05, 3.63) is 35.4 Å². The molecule has 128 valence electrons. The van der Waals surface area contributed by atoms with E-state index in [9.17, 15) is 33.0 Å². The van der Waals surface area contributed by atoms with Gasteiger partial charge in [-0.05, 0) is 6.92 Å². The molecule has 9 heteroatoms. The Morgan fingerprint density at radius 1 is 1.33 bits per heavy atom. The summed E-state index contributed by atoms with van der Waals surface area (Å²) in [4.78, 5) is 27.8. The van der Waals surface area contributed by atoms with Crippen LogP contribution in [0.2, 0.25) is 0 Å². The van der Waals surface area contributed by atoms with Crippen LogP contribution in [0.4, 0.5) is 13.2 Å². The summed E-state index contributed by atoms with van der Waals surface area (Å²) in [5, 5.41) is 21.4. The summed E-state index contributed by atoms with van der Waals surface area (Å²) in [6.07, 6.45) is -5.14. The third-order valence-electron chi connectivity index (χ3n) is 4.21. The van der Waals surface area contributed by atoms with Crippen molar-refractivity contribution in [1.29, 1.82) is 0 Å². The zero-order chi connectivity index (χ0) is 17.9. The van der Waals surface area contributed by atoms with Crippen molar-refractivity contribution >= 4 is 17.5 Å². The van der Waals surface area contributed by atoms with Crippen molar-refractivity contribution in [2.75, 3.05) is 6.61 Å². The number of benzene rings is 1. The number of alkyl halides is 3. The highest BCUT2D eigenvalue weighted by Gasteiger charge is 2.76. The highest BCUT2D eigenvalue weighted by Crippen LogP contribution is 2.55. The van der Waals surface area contributed by atoms with Crippen molar-refractivity contribution in [2.24, 2.45) is 10.9 Å². The van der Waals surface area contributed by atoms with Gasteiger partial charge in [0.1, 0.15) is 11.6 Å². The third-order valence-corrected chi connectivity index (χ3v) is 4.21. The molecule has 0 amide bonds. The molecule has 1 aliphatic heterocycles. The average molecular weight is 343 g/mol. The topological polar surface area (TPSA) is 96.2 Å². The number of rotatable bonds is 2. The number of Topliss-reactive ketones (excluding diaryl/α,β-unsaturated/α-hetero) is 1. The van der Waals surface area contributed by atoms with Crippen LogP contribution in [0.15, 0.2) is 29.3 Å². The zero-order valence-corrected chi connectivity index (χ0v) is 12.3. The number of esters is 1. The van der Waals surface area contributed by atoms with Crippen LogP contribution in [0, 0.1) is 5.92 Å². The van der Waals surface area contributed by atoms with Crippen LogP contribution < -0.4 is 0 Å². The molecule has 1 aromatic carbocycles. The van der Waals surface area contributed by atoms with E-state index in [2.05, 4.69) is 9.73 Å². The van der Waals surface area contributed by atoms with Crippen LogP contribution in [-0.4, -0.2) is 46.1 Å². The summed E-state index contributed by atoms with van der Waals surface area (Å²) >= 11 is 0. The van der Waals surface area contributed by atoms with Gasteiger partial charge in [-0.25, -0.2) is 4.99 Å². The summed E-state index contributed by atoms with van der Waals surface area (Å²) in [7, 11) is 0. The first-order valence-corrected chi connectivity index (χ1v) is 7.01. The Morgan fingerprint density at radius 3 is 2.54 bits per heavy atom. The normalized spacial score (nSPS) is 31.5. The van der Waals surface area contributed by atoms with E-state index >= 15 is 0 Å². The Labute approximate surface area is 133 Å². The Hall–Kier alpha value is -2.26. The van der Waals surface area contributed by atoms with Crippen LogP contribution in [-0.2, 0) is 15.3 Å². The zero-order valence-electron chi connectivity index (χ0n) is 12.3. The molecule has 0 radical (unpaired) electrons. The molecule has 3 rings (SSSR count). The van der Waals surface area contributed by atoms with Gasteiger partial charge in [-0.2, -0.15) is 13.2 Å². The number of ketones is 1. The molecule has 0 saturated heterocycles. The highest BCUT2D eigenvalue weighted by atomic mass is 19.4. The number of hydrogen-bond acceptors (Lipinski definition) is 6. The second-order valence-corrected chi connectivity index (χ2v) is 5.49. The summed E-state index contributed by atoms with van der Waals surface area (Å²) in [6, 6.07) is 5.20. The van der Waals surface area contributed by atoms with Crippen molar-refractivity contribution in [1.82, 2.24) is 0 Å². The molecule has 1 aliphatic carbocycles. The van der Waals surface area contributed by atoms with E-state index in [1.165, 1.54) is 31.2 Å². The van der Waals surface area contributed by atoms with Crippen molar-refractivity contribution in [2.45, 2.75) is 24.4 Å². The number of nitrogens with zero attached hydrogens (tertiary/aromatic N) is 1. The number of halogens is 3. The van der Waals surface area contributed by atoms with Gasteiger partial charge in [0.25, 0.3) is 0 Å². The maximum atomic E-state index is 13.3. The number of fused-ring (bicyclic) bond motifs is 3. The largest absolute Gasteiger partial charge is 0.465 e. The molecule has 2 N–H and O–H groups in total. The van der Waals surface area contributed by atoms with Crippen LogP contribution in [0.5, 0.6) is 0 Å². The SMILES string of the molecule is CCOC(=O)[C@@H]1C(C(F)(F)F)=N[C@]2(O)c3ccccc3C(=O)[C@]12O. The lowest BCUT2D eigenvalue weighted by Crippen LogP contribution is -2.57. The lowest BCUT2D eigenvalue weighted by molar-refractivity contribution is -0.166.